The van der Waals surface area contributed by atoms with Crippen molar-refractivity contribution in [2.45, 2.75) is 103 Å². The van der Waals surface area contributed by atoms with Crippen molar-refractivity contribution in [1.29, 1.82) is 0 Å². The lowest BCUT2D eigenvalue weighted by Gasteiger charge is -2.38. The molecule has 3 unspecified atom stereocenters. The Hall–Kier alpha value is -3.14. The van der Waals surface area contributed by atoms with E-state index < -0.39 is 6.04 Å². The summed E-state index contributed by atoms with van der Waals surface area (Å²) >= 11 is 0. The highest BCUT2D eigenvalue weighted by Crippen LogP contribution is 2.33. The zero-order valence-electron chi connectivity index (χ0n) is 24.2. The number of nitrogens with zero attached hydrogens (tertiary/aromatic N) is 1. The first kappa shape index (κ1) is 34.9. The minimum absolute atomic E-state index is 0.0220. The molecule has 1 amide bonds. The van der Waals surface area contributed by atoms with E-state index in [-0.39, 0.29) is 23.8 Å². The molecule has 2 aliphatic rings. The van der Waals surface area contributed by atoms with Gasteiger partial charge in [0.2, 0.25) is 5.91 Å². The van der Waals surface area contributed by atoms with Crippen molar-refractivity contribution in [2.75, 3.05) is 13.1 Å². The van der Waals surface area contributed by atoms with Gasteiger partial charge in [0.15, 0.2) is 5.78 Å². The third-order valence-corrected chi connectivity index (χ3v) is 6.54. The van der Waals surface area contributed by atoms with Crippen molar-refractivity contribution >= 4 is 11.7 Å². The number of carbonyl (C=O) groups is 2. The van der Waals surface area contributed by atoms with Crippen molar-refractivity contribution in [3.63, 3.8) is 0 Å². The molecule has 7 heteroatoms. The summed E-state index contributed by atoms with van der Waals surface area (Å²) in [5.74, 6) is 3.19. The Balaban J connectivity index is 0.00000131. The van der Waals surface area contributed by atoms with Crippen LogP contribution in [0, 0.1) is 18.3 Å². The molecule has 1 saturated heterocycles. The van der Waals surface area contributed by atoms with Crippen LogP contribution in [0.1, 0.15) is 85.0 Å². The zero-order chi connectivity index (χ0) is 28.9. The van der Waals surface area contributed by atoms with Crippen LogP contribution < -0.4 is 21.7 Å². The average molecular weight is 528 g/mol. The number of ketones is 1. The lowest BCUT2D eigenvalue weighted by Crippen LogP contribution is -2.52. The normalized spacial score (nSPS) is 18.1. The summed E-state index contributed by atoms with van der Waals surface area (Å²) in [7, 11) is 0. The third-order valence-electron chi connectivity index (χ3n) is 6.54. The average Bonchev–Trinajstić information content (AvgIpc) is 3.39. The minimum Gasteiger partial charge on any atom is -0.388 e. The molecule has 0 aromatic rings. The SMILES string of the molecule is C#CCCC(NC(=O)C1CCCN1C(=C)C(NC(=C)N)C1CCCCC1)C(C)=O.C=CCNC=C.CCC. The van der Waals surface area contributed by atoms with Crippen LogP contribution in [0.25, 0.3) is 0 Å². The fraction of sp³-hybridized carbons (Fsp3) is 0.613. The first-order chi connectivity index (χ1) is 18.2. The topological polar surface area (TPSA) is 99.5 Å². The molecule has 214 valence electrons. The second kappa shape index (κ2) is 20.9. The smallest absolute Gasteiger partial charge is 0.243 e. The molecule has 7 nitrogen and oxygen atoms in total. The molecule has 38 heavy (non-hydrogen) atoms. The van der Waals surface area contributed by atoms with E-state index in [4.69, 9.17) is 12.2 Å². The highest BCUT2D eigenvalue weighted by atomic mass is 16.2. The van der Waals surface area contributed by atoms with Gasteiger partial charge < -0.3 is 26.6 Å². The fourth-order valence-electron chi connectivity index (χ4n) is 4.74. The van der Waals surface area contributed by atoms with Gasteiger partial charge in [-0.25, -0.2) is 0 Å². The van der Waals surface area contributed by atoms with Gasteiger partial charge in [-0.1, -0.05) is 65.3 Å². The van der Waals surface area contributed by atoms with Gasteiger partial charge in [-0.2, -0.15) is 0 Å². The minimum atomic E-state index is -0.537. The van der Waals surface area contributed by atoms with E-state index in [1.807, 2.05) is 0 Å². The maximum atomic E-state index is 13.0. The summed E-state index contributed by atoms with van der Waals surface area (Å²) in [5.41, 5.74) is 6.77. The van der Waals surface area contributed by atoms with E-state index in [1.54, 1.807) is 12.3 Å². The zero-order valence-corrected chi connectivity index (χ0v) is 24.2. The molecular weight excluding hydrogens is 474 g/mol. The van der Waals surface area contributed by atoms with Crippen LogP contribution in [0.2, 0.25) is 0 Å². The molecule has 0 bridgehead atoms. The molecule has 0 radical (unpaired) electrons. The summed E-state index contributed by atoms with van der Waals surface area (Å²) < 4.78 is 0. The van der Waals surface area contributed by atoms with Crippen LogP contribution >= 0.6 is 0 Å². The fourth-order valence-corrected chi connectivity index (χ4v) is 4.74. The number of terminal acetylenes is 1. The Bertz CT molecular complexity index is 787. The highest BCUT2D eigenvalue weighted by molar-refractivity contribution is 5.90. The van der Waals surface area contributed by atoms with Crippen LogP contribution in [-0.4, -0.2) is 47.8 Å². The van der Waals surface area contributed by atoms with E-state index >= 15 is 0 Å². The molecule has 0 aromatic carbocycles. The Labute approximate surface area is 232 Å². The predicted octanol–water partition coefficient (Wildman–Crippen LogP) is 4.74. The lowest BCUT2D eigenvalue weighted by molar-refractivity contribution is -0.129. The maximum Gasteiger partial charge on any atom is 0.243 e. The van der Waals surface area contributed by atoms with E-state index in [0.717, 1.165) is 44.5 Å². The molecule has 5 N–H and O–H groups in total. The van der Waals surface area contributed by atoms with Crippen LogP contribution in [0.5, 0.6) is 0 Å². The molecular formula is C31H53N5O2. The Kier molecular flexibility index (Phi) is 19.1. The first-order valence-corrected chi connectivity index (χ1v) is 14.0. The summed E-state index contributed by atoms with van der Waals surface area (Å²) in [6.45, 7) is 22.4. The quantitative estimate of drug-likeness (QED) is 0.157. The van der Waals surface area contributed by atoms with Crippen LogP contribution in [0.3, 0.4) is 0 Å². The van der Waals surface area contributed by atoms with Gasteiger partial charge in [0.1, 0.15) is 6.04 Å². The predicted molar refractivity (Wildman–Crippen MR) is 161 cm³/mol. The number of likely N-dealkylation sites (tertiary alicyclic amines) is 1. The summed E-state index contributed by atoms with van der Waals surface area (Å²) in [6.07, 6.45) is 18.5. The Morgan fingerprint density at radius 1 is 1.11 bits per heavy atom. The van der Waals surface area contributed by atoms with Gasteiger partial charge in [-0.15, -0.1) is 18.9 Å². The number of hydrogen-bond acceptors (Lipinski definition) is 6. The van der Waals surface area contributed by atoms with Crippen molar-refractivity contribution in [1.82, 2.24) is 20.9 Å². The first-order valence-electron chi connectivity index (χ1n) is 14.0. The van der Waals surface area contributed by atoms with Crippen LogP contribution in [0.15, 0.2) is 50.1 Å². The third kappa shape index (κ3) is 13.4. The standard InChI is InChI=1S/C23H36N4O2.C5H9N.C3H8/c1-5-6-13-20(17(3)28)26-23(29)21-14-10-15-27(21)16(2)22(25-18(4)24)19-11-8-7-9-12-19;1-3-5-6-4-2;1-3-2/h1,19-22,25H,2,4,6-15,24H2,3H3,(H,26,29);3-4,6H,1-2,5H2;3H2,1-2H3. The molecule has 0 spiro atoms. The molecule has 1 aliphatic carbocycles. The second-order valence-corrected chi connectivity index (χ2v) is 9.91. The van der Waals surface area contributed by atoms with Crippen LogP contribution in [0.4, 0.5) is 0 Å². The lowest BCUT2D eigenvalue weighted by atomic mass is 9.82. The monoisotopic (exact) mass is 527 g/mol. The number of hydrogen-bond donors (Lipinski definition) is 4. The molecule has 3 atom stereocenters. The van der Waals surface area contributed by atoms with E-state index in [9.17, 15) is 9.59 Å². The van der Waals surface area contributed by atoms with E-state index in [1.165, 1.54) is 32.6 Å². The van der Waals surface area contributed by atoms with Crippen molar-refractivity contribution in [3.05, 3.63) is 50.1 Å². The Morgan fingerprint density at radius 3 is 2.21 bits per heavy atom. The molecule has 2 fully saturated rings. The number of Topliss-reactive ketones (excluding diaryl/α,β-unsaturated/α-hetero) is 1. The van der Waals surface area contributed by atoms with Crippen molar-refractivity contribution in [2.24, 2.45) is 11.7 Å². The summed E-state index contributed by atoms with van der Waals surface area (Å²) in [6, 6.07) is -0.884. The van der Waals surface area contributed by atoms with Gasteiger partial charge >= 0.3 is 0 Å². The maximum absolute atomic E-state index is 13.0. The number of amides is 1. The van der Waals surface area contributed by atoms with Crippen molar-refractivity contribution in [3.8, 4) is 12.3 Å². The number of nitrogens with two attached hydrogens (primary N) is 1. The summed E-state index contributed by atoms with van der Waals surface area (Å²) in [4.78, 5) is 27.0. The van der Waals surface area contributed by atoms with E-state index in [0.29, 0.717) is 24.6 Å². The number of nitrogens with one attached hydrogen (secondary N) is 3. The van der Waals surface area contributed by atoms with E-state index in [2.05, 4.69) is 66.9 Å². The molecule has 1 saturated carbocycles. The van der Waals surface area contributed by atoms with Gasteiger partial charge in [0.05, 0.1) is 17.9 Å². The van der Waals surface area contributed by atoms with Crippen molar-refractivity contribution < 1.29 is 9.59 Å². The largest absolute Gasteiger partial charge is 0.388 e. The Morgan fingerprint density at radius 2 is 1.74 bits per heavy atom. The molecule has 0 aromatic heterocycles. The molecule has 1 heterocycles. The molecule has 1 aliphatic heterocycles. The second-order valence-electron chi connectivity index (χ2n) is 9.91. The molecule has 2 rings (SSSR count). The van der Waals surface area contributed by atoms with Gasteiger partial charge in [-0.3, -0.25) is 9.59 Å². The van der Waals surface area contributed by atoms with Gasteiger partial charge in [0, 0.05) is 25.2 Å². The summed E-state index contributed by atoms with van der Waals surface area (Å²) in [5, 5.41) is 9.06. The van der Waals surface area contributed by atoms with Crippen LogP contribution in [-0.2, 0) is 9.59 Å². The van der Waals surface area contributed by atoms with Gasteiger partial charge in [-0.05, 0) is 51.1 Å². The highest BCUT2D eigenvalue weighted by Gasteiger charge is 2.37. The van der Waals surface area contributed by atoms with Gasteiger partial charge in [0.25, 0.3) is 0 Å². The number of rotatable bonds is 13. The number of carbonyl (C=O) groups excluding carboxylic acids is 2.